The SMILES string of the molecule is CC(=O)c1cccc(NC(=O)/C(C#N)=C\N(C)C2CCCCC2)c1. The molecule has 0 heterocycles. The quantitative estimate of drug-likeness (QED) is 0.511. The van der Waals surface area contributed by atoms with Crippen LogP contribution in [-0.2, 0) is 4.79 Å². The van der Waals surface area contributed by atoms with Gasteiger partial charge in [-0.25, -0.2) is 0 Å². The van der Waals surface area contributed by atoms with Gasteiger partial charge in [0.2, 0.25) is 0 Å². The van der Waals surface area contributed by atoms with Gasteiger partial charge < -0.3 is 10.2 Å². The van der Waals surface area contributed by atoms with Crippen molar-refractivity contribution in [2.75, 3.05) is 12.4 Å². The first kappa shape index (κ1) is 17.7. The van der Waals surface area contributed by atoms with Gasteiger partial charge in [0.15, 0.2) is 5.78 Å². The van der Waals surface area contributed by atoms with Crippen molar-refractivity contribution in [3.63, 3.8) is 0 Å². The van der Waals surface area contributed by atoms with Gasteiger partial charge in [0, 0.05) is 30.5 Å². The van der Waals surface area contributed by atoms with E-state index in [4.69, 9.17) is 0 Å². The lowest BCUT2D eigenvalue weighted by atomic mass is 9.94. The maximum Gasteiger partial charge on any atom is 0.267 e. The molecule has 0 bridgehead atoms. The van der Waals surface area contributed by atoms with E-state index in [9.17, 15) is 14.9 Å². The van der Waals surface area contributed by atoms with Gasteiger partial charge in [-0.05, 0) is 31.9 Å². The Morgan fingerprint density at radius 3 is 2.62 bits per heavy atom. The molecule has 1 aliphatic rings. The monoisotopic (exact) mass is 325 g/mol. The van der Waals surface area contributed by atoms with E-state index < -0.39 is 5.91 Å². The molecule has 1 aliphatic carbocycles. The number of hydrogen-bond acceptors (Lipinski definition) is 4. The third kappa shape index (κ3) is 4.69. The summed E-state index contributed by atoms with van der Waals surface area (Å²) in [6.07, 6.45) is 7.44. The van der Waals surface area contributed by atoms with Crippen LogP contribution in [0.5, 0.6) is 0 Å². The van der Waals surface area contributed by atoms with Crippen molar-refractivity contribution in [2.24, 2.45) is 0 Å². The number of nitrogens with one attached hydrogen (secondary N) is 1. The van der Waals surface area contributed by atoms with Crippen LogP contribution in [0, 0.1) is 11.3 Å². The normalized spacial score (nSPS) is 15.5. The standard InChI is InChI=1S/C19H23N3O2/c1-14(23)15-7-6-8-17(11-15)21-19(24)16(12-20)13-22(2)18-9-4-3-5-10-18/h6-8,11,13,18H,3-5,9-10H2,1-2H3,(H,21,24)/b16-13-. The van der Waals surface area contributed by atoms with E-state index in [0.29, 0.717) is 17.3 Å². The number of ketones is 1. The van der Waals surface area contributed by atoms with Gasteiger partial charge in [0.25, 0.3) is 5.91 Å². The van der Waals surface area contributed by atoms with Crippen LogP contribution in [0.25, 0.3) is 0 Å². The Kier molecular flexibility index (Phi) is 6.14. The Morgan fingerprint density at radius 1 is 1.29 bits per heavy atom. The third-order valence-electron chi connectivity index (χ3n) is 4.38. The molecule has 0 radical (unpaired) electrons. The average Bonchev–Trinajstić information content (AvgIpc) is 2.60. The molecule has 1 N–H and O–H groups in total. The highest BCUT2D eigenvalue weighted by atomic mass is 16.1. The molecule has 126 valence electrons. The first-order valence-electron chi connectivity index (χ1n) is 8.27. The average molecular weight is 325 g/mol. The zero-order valence-electron chi connectivity index (χ0n) is 14.2. The smallest absolute Gasteiger partial charge is 0.267 e. The molecule has 0 saturated heterocycles. The molecule has 1 aromatic carbocycles. The summed E-state index contributed by atoms with van der Waals surface area (Å²) < 4.78 is 0. The fourth-order valence-corrected chi connectivity index (χ4v) is 2.95. The molecular weight excluding hydrogens is 302 g/mol. The molecule has 1 aromatic rings. The van der Waals surface area contributed by atoms with Crippen LogP contribution in [-0.4, -0.2) is 29.7 Å². The van der Waals surface area contributed by atoms with Crippen LogP contribution in [0.4, 0.5) is 5.69 Å². The van der Waals surface area contributed by atoms with Crippen LogP contribution >= 0.6 is 0 Å². The second-order valence-corrected chi connectivity index (χ2v) is 6.20. The van der Waals surface area contributed by atoms with E-state index in [2.05, 4.69) is 5.32 Å². The molecule has 1 fully saturated rings. The number of Topliss-reactive ketones (excluding diaryl/α,β-unsaturated/α-hetero) is 1. The minimum atomic E-state index is -0.458. The van der Waals surface area contributed by atoms with Crippen molar-refractivity contribution < 1.29 is 9.59 Å². The van der Waals surface area contributed by atoms with Crippen LogP contribution in [0.1, 0.15) is 49.4 Å². The summed E-state index contributed by atoms with van der Waals surface area (Å²) >= 11 is 0. The summed E-state index contributed by atoms with van der Waals surface area (Å²) in [6.45, 7) is 1.47. The zero-order valence-corrected chi connectivity index (χ0v) is 14.2. The molecule has 5 heteroatoms. The molecule has 0 aromatic heterocycles. The second-order valence-electron chi connectivity index (χ2n) is 6.20. The first-order valence-corrected chi connectivity index (χ1v) is 8.27. The highest BCUT2D eigenvalue weighted by Gasteiger charge is 2.18. The van der Waals surface area contributed by atoms with Crippen LogP contribution in [0.2, 0.25) is 0 Å². The van der Waals surface area contributed by atoms with Crippen molar-refractivity contribution in [1.29, 1.82) is 5.26 Å². The number of anilines is 1. The first-order chi connectivity index (χ1) is 11.5. The lowest BCUT2D eigenvalue weighted by Crippen LogP contribution is -2.30. The molecule has 5 nitrogen and oxygen atoms in total. The second kappa shape index (κ2) is 8.30. The van der Waals surface area contributed by atoms with Gasteiger partial charge in [0.05, 0.1) is 0 Å². The highest BCUT2D eigenvalue weighted by molar-refractivity contribution is 6.07. The van der Waals surface area contributed by atoms with Gasteiger partial charge in [-0.1, -0.05) is 31.4 Å². The fourth-order valence-electron chi connectivity index (χ4n) is 2.95. The lowest BCUT2D eigenvalue weighted by molar-refractivity contribution is -0.112. The minimum absolute atomic E-state index is 0.0660. The topological polar surface area (TPSA) is 73.2 Å². The Labute approximate surface area is 143 Å². The Morgan fingerprint density at radius 2 is 2.00 bits per heavy atom. The lowest BCUT2D eigenvalue weighted by Gasteiger charge is -2.30. The third-order valence-corrected chi connectivity index (χ3v) is 4.38. The summed E-state index contributed by atoms with van der Waals surface area (Å²) in [6, 6.07) is 9.06. The van der Waals surface area contributed by atoms with Crippen molar-refractivity contribution in [1.82, 2.24) is 4.90 Å². The maximum atomic E-state index is 12.3. The van der Waals surface area contributed by atoms with Crippen molar-refractivity contribution >= 4 is 17.4 Å². The van der Waals surface area contributed by atoms with Gasteiger partial charge in [-0.2, -0.15) is 5.26 Å². The van der Waals surface area contributed by atoms with Crippen molar-refractivity contribution in [2.45, 2.75) is 45.1 Å². The van der Waals surface area contributed by atoms with Crippen LogP contribution < -0.4 is 5.32 Å². The molecule has 24 heavy (non-hydrogen) atoms. The summed E-state index contributed by atoms with van der Waals surface area (Å²) in [7, 11) is 1.91. The number of amides is 1. The number of rotatable bonds is 5. The predicted molar refractivity (Wildman–Crippen MR) is 93.4 cm³/mol. The van der Waals surface area contributed by atoms with Gasteiger partial charge >= 0.3 is 0 Å². The minimum Gasteiger partial charge on any atom is -0.376 e. The van der Waals surface area contributed by atoms with E-state index in [0.717, 1.165) is 12.8 Å². The largest absolute Gasteiger partial charge is 0.376 e. The molecule has 1 amide bonds. The van der Waals surface area contributed by atoms with Crippen molar-refractivity contribution in [3.05, 3.63) is 41.6 Å². The van der Waals surface area contributed by atoms with E-state index in [1.165, 1.54) is 26.2 Å². The summed E-state index contributed by atoms with van der Waals surface area (Å²) in [5.41, 5.74) is 1.10. The van der Waals surface area contributed by atoms with Gasteiger partial charge in [-0.15, -0.1) is 0 Å². The predicted octanol–water partition coefficient (Wildman–Crippen LogP) is 3.50. The number of hydrogen-bond donors (Lipinski definition) is 1. The van der Waals surface area contributed by atoms with E-state index in [1.807, 2.05) is 18.0 Å². The zero-order chi connectivity index (χ0) is 17.5. The number of carbonyl (C=O) groups is 2. The number of benzene rings is 1. The molecule has 2 rings (SSSR count). The van der Waals surface area contributed by atoms with E-state index in [1.54, 1.807) is 30.5 Å². The fraction of sp³-hybridized carbons (Fsp3) is 0.421. The maximum absolute atomic E-state index is 12.3. The molecule has 0 aliphatic heterocycles. The number of carbonyl (C=O) groups excluding carboxylic acids is 2. The summed E-state index contributed by atoms with van der Waals surface area (Å²) in [5, 5.41) is 12.0. The Balaban J connectivity index is 2.08. The number of nitrogens with zero attached hydrogens (tertiary/aromatic N) is 2. The number of nitriles is 1. The molecular formula is C19H23N3O2. The van der Waals surface area contributed by atoms with Crippen molar-refractivity contribution in [3.8, 4) is 6.07 Å². The van der Waals surface area contributed by atoms with Gasteiger partial charge in [0.1, 0.15) is 11.6 Å². The van der Waals surface area contributed by atoms with Gasteiger partial charge in [-0.3, -0.25) is 9.59 Å². The highest BCUT2D eigenvalue weighted by Crippen LogP contribution is 2.22. The van der Waals surface area contributed by atoms with Crippen LogP contribution in [0.3, 0.4) is 0 Å². The molecule has 1 saturated carbocycles. The molecule has 0 unspecified atom stereocenters. The van der Waals surface area contributed by atoms with E-state index >= 15 is 0 Å². The Bertz CT molecular complexity index is 682. The summed E-state index contributed by atoms with van der Waals surface area (Å²) in [5.74, 6) is -0.528. The molecule has 0 spiro atoms. The van der Waals surface area contributed by atoms with E-state index in [-0.39, 0.29) is 11.4 Å². The molecule has 0 atom stereocenters. The van der Waals surface area contributed by atoms with Crippen LogP contribution in [0.15, 0.2) is 36.0 Å². The summed E-state index contributed by atoms with van der Waals surface area (Å²) in [4.78, 5) is 25.7. The Hall–Kier alpha value is -2.61.